The van der Waals surface area contributed by atoms with E-state index < -0.39 is 23.2 Å². The first-order chi connectivity index (χ1) is 26.2. The van der Waals surface area contributed by atoms with Gasteiger partial charge in [0.15, 0.2) is 0 Å². The standard InChI is InChI=1S/C38H84N3O13P3/c1-35(2,31-51-55(39,42)43)21-13-17-25-49-29-27-47-23-15-9-11-19-37(5,6)33-53-57(41,46)54-34-38(7,8)20-12-10-16-24-48-28-30-50-26-18-14-22-36(3,4)32-52-56(40,44)45/h9-34H2,1-8H3,(H2,41,46)(H3,39,42,43)(H3,40,44,45). The van der Waals surface area contributed by atoms with Crippen LogP contribution in [0.3, 0.4) is 0 Å². The highest BCUT2D eigenvalue weighted by Crippen LogP contribution is 2.44. The van der Waals surface area contributed by atoms with Crippen LogP contribution in [0.1, 0.15) is 145 Å². The lowest BCUT2D eigenvalue weighted by atomic mass is 9.88. The minimum atomic E-state index is -3.94. The summed E-state index contributed by atoms with van der Waals surface area (Å²) >= 11 is 0. The molecule has 0 aromatic carbocycles. The van der Waals surface area contributed by atoms with Crippen LogP contribution in [-0.4, -0.2) is 89.1 Å². The highest BCUT2D eigenvalue weighted by Gasteiger charge is 2.29. The first-order valence-electron chi connectivity index (χ1n) is 20.7. The Morgan fingerprint density at radius 2 is 0.596 bits per heavy atom. The Labute approximate surface area is 345 Å². The Balaban J connectivity index is 3.83. The van der Waals surface area contributed by atoms with Gasteiger partial charge in [-0.1, -0.05) is 93.9 Å². The molecular weight excluding hydrogens is 799 g/mol. The normalized spacial score (nSPS) is 16.4. The van der Waals surface area contributed by atoms with E-state index in [-0.39, 0.29) is 48.1 Å². The van der Waals surface area contributed by atoms with E-state index in [9.17, 15) is 13.7 Å². The highest BCUT2D eigenvalue weighted by molar-refractivity contribution is 7.51. The third-order valence-corrected chi connectivity index (χ3v) is 11.3. The summed E-state index contributed by atoms with van der Waals surface area (Å²) in [5, 5.41) is 0. The molecular formula is C38H84N3O13P3. The molecule has 0 fully saturated rings. The molecule has 0 aliphatic heterocycles. The third-order valence-electron chi connectivity index (χ3n) is 9.36. The molecule has 0 radical (unpaired) electrons. The van der Waals surface area contributed by atoms with Gasteiger partial charge in [-0.2, -0.15) is 0 Å². The molecule has 8 N–H and O–H groups in total. The smallest absolute Gasteiger partial charge is 0.379 e. The van der Waals surface area contributed by atoms with Crippen molar-refractivity contribution >= 4 is 23.2 Å². The van der Waals surface area contributed by atoms with E-state index in [4.69, 9.17) is 63.3 Å². The number of rotatable bonds is 40. The van der Waals surface area contributed by atoms with Crippen LogP contribution >= 0.6 is 23.2 Å². The van der Waals surface area contributed by atoms with Crippen LogP contribution in [0.5, 0.6) is 0 Å². The van der Waals surface area contributed by atoms with Crippen LogP contribution in [0, 0.1) is 21.7 Å². The van der Waals surface area contributed by atoms with Crippen LogP contribution in [0.2, 0.25) is 0 Å². The molecule has 0 saturated heterocycles. The predicted molar refractivity (Wildman–Crippen MR) is 227 cm³/mol. The molecule has 0 aromatic rings. The Hall–Kier alpha value is 0.170. The third kappa shape index (κ3) is 40.0. The first-order valence-corrected chi connectivity index (χ1v) is 25.7. The SMILES string of the molecule is CC(C)(CCCCOCCOCCCCCC(C)(C)COP(N)(=O)OCC(C)(C)CCCCCOCCOCCCCC(C)(C)COP(N)(=O)O)COP(N)(=O)O. The van der Waals surface area contributed by atoms with Gasteiger partial charge in [0.2, 0.25) is 0 Å². The van der Waals surface area contributed by atoms with E-state index in [1.165, 1.54) is 0 Å². The zero-order valence-corrected chi connectivity index (χ0v) is 39.5. The zero-order chi connectivity index (χ0) is 43.5. The lowest BCUT2D eigenvalue weighted by Gasteiger charge is -2.28. The van der Waals surface area contributed by atoms with Crippen LogP contribution in [0.25, 0.3) is 0 Å². The maximum absolute atomic E-state index is 12.9. The van der Waals surface area contributed by atoms with E-state index in [2.05, 4.69) is 27.7 Å². The molecule has 0 aromatic heterocycles. The fourth-order valence-corrected chi connectivity index (χ4v) is 7.82. The Bertz CT molecular complexity index is 1080. The molecule has 0 aliphatic rings. The molecule has 2 atom stereocenters. The molecule has 2 unspecified atom stereocenters. The van der Waals surface area contributed by atoms with Crippen LogP contribution in [0.4, 0.5) is 0 Å². The van der Waals surface area contributed by atoms with Gasteiger partial charge in [-0.05, 0) is 73.0 Å². The average Bonchev–Trinajstić information content (AvgIpc) is 3.08. The predicted octanol–water partition coefficient (Wildman–Crippen LogP) is 8.87. The van der Waals surface area contributed by atoms with Crippen molar-refractivity contribution in [2.75, 3.05) is 79.3 Å². The van der Waals surface area contributed by atoms with Gasteiger partial charge in [-0.15, -0.1) is 0 Å². The summed E-state index contributed by atoms with van der Waals surface area (Å²) in [5.41, 5.74) is 15.2. The van der Waals surface area contributed by atoms with E-state index in [1.807, 2.05) is 27.7 Å². The molecule has 0 bridgehead atoms. The average molecular weight is 884 g/mol. The largest absolute Gasteiger partial charge is 0.402 e. The lowest BCUT2D eigenvalue weighted by Crippen LogP contribution is -2.23. The number of ether oxygens (including phenoxy) is 4. The number of hydrogen-bond donors (Lipinski definition) is 5. The van der Waals surface area contributed by atoms with E-state index in [1.54, 1.807) is 0 Å². The quantitative estimate of drug-likeness (QED) is 0.0285. The number of hydrogen-bond acceptors (Lipinski definition) is 11. The van der Waals surface area contributed by atoms with Crippen molar-refractivity contribution in [3.8, 4) is 0 Å². The Kier molecular flexibility index (Phi) is 29.6. The molecule has 0 saturated carbocycles. The second-order valence-electron chi connectivity index (χ2n) is 18.4. The van der Waals surface area contributed by atoms with Crippen molar-refractivity contribution in [2.45, 2.75) is 145 Å². The van der Waals surface area contributed by atoms with Crippen LogP contribution < -0.4 is 16.5 Å². The van der Waals surface area contributed by atoms with Crippen molar-refractivity contribution in [3.05, 3.63) is 0 Å². The summed E-state index contributed by atoms with van der Waals surface area (Å²) in [6.07, 6.45) is 13.0. The van der Waals surface area contributed by atoms with Crippen molar-refractivity contribution in [1.29, 1.82) is 0 Å². The topological polar surface area (TPSA) is 244 Å². The van der Waals surface area contributed by atoms with E-state index in [0.717, 1.165) is 89.9 Å². The highest BCUT2D eigenvalue weighted by atomic mass is 31.2. The van der Waals surface area contributed by atoms with Crippen molar-refractivity contribution in [3.63, 3.8) is 0 Å². The van der Waals surface area contributed by atoms with Gasteiger partial charge in [-0.25, -0.2) is 30.2 Å². The molecule has 0 spiro atoms. The zero-order valence-electron chi connectivity index (χ0n) is 36.8. The molecule has 0 rings (SSSR count). The second-order valence-corrected chi connectivity index (χ2v) is 22.8. The number of nitrogens with two attached hydrogens (primary N) is 3. The van der Waals surface area contributed by atoms with Gasteiger partial charge in [0, 0.05) is 26.4 Å². The maximum Gasteiger partial charge on any atom is 0.402 e. The van der Waals surface area contributed by atoms with Gasteiger partial charge in [0.25, 0.3) is 0 Å². The van der Waals surface area contributed by atoms with Gasteiger partial charge in [0.05, 0.1) is 52.9 Å². The van der Waals surface area contributed by atoms with Gasteiger partial charge < -0.3 is 28.7 Å². The second kappa shape index (κ2) is 29.5. The first kappa shape index (κ1) is 57.2. The minimum Gasteiger partial charge on any atom is -0.379 e. The van der Waals surface area contributed by atoms with Gasteiger partial charge in [-0.3, -0.25) is 18.1 Å². The van der Waals surface area contributed by atoms with Crippen LogP contribution in [-0.2, 0) is 50.7 Å². The molecule has 0 heterocycles. The fourth-order valence-electron chi connectivity index (χ4n) is 5.62. The molecule has 0 amide bonds. The summed E-state index contributed by atoms with van der Waals surface area (Å²) in [5.74, 6) is 0. The van der Waals surface area contributed by atoms with Crippen molar-refractivity contribution in [1.82, 2.24) is 0 Å². The summed E-state index contributed by atoms with van der Waals surface area (Å²) in [7, 11) is -11.6. The summed E-state index contributed by atoms with van der Waals surface area (Å²) in [4.78, 5) is 18.2. The lowest BCUT2D eigenvalue weighted by molar-refractivity contribution is 0.0431. The molecule has 0 aliphatic carbocycles. The van der Waals surface area contributed by atoms with Gasteiger partial charge >= 0.3 is 23.2 Å². The molecule has 16 nitrogen and oxygen atoms in total. The van der Waals surface area contributed by atoms with Crippen LogP contribution in [0.15, 0.2) is 0 Å². The van der Waals surface area contributed by atoms with E-state index >= 15 is 0 Å². The Morgan fingerprint density at radius 1 is 0.368 bits per heavy atom. The summed E-state index contributed by atoms with van der Waals surface area (Å²) < 4.78 is 78.8. The molecule has 344 valence electrons. The monoisotopic (exact) mass is 884 g/mol. The maximum atomic E-state index is 12.9. The number of unbranched alkanes of at least 4 members (excludes halogenated alkanes) is 6. The Morgan fingerprint density at radius 3 is 0.860 bits per heavy atom. The molecule has 19 heteroatoms. The fraction of sp³-hybridized carbons (Fsp3) is 1.00. The summed E-state index contributed by atoms with van der Waals surface area (Å²) in [6.45, 7) is 21.8. The molecule has 57 heavy (non-hydrogen) atoms. The van der Waals surface area contributed by atoms with Crippen molar-refractivity contribution < 1.29 is 60.5 Å². The van der Waals surface area contributed by atoms with Gasteiger partial charge in [0.1, 0.15) is 0 Å². The van der Waals surface area contributed by atoms with Crippen molar-refractivity contribution in [2.24, 2.45) is 38.2 Å². The minimum absolute atomic E-state index is 0.139. The van der Waals surface area contributed by atoms with E-state index in [0.29, 0.717) is 52.9 Å². The summed E-state index contributed by atoms with van der Waals surface area (Å²) in [6, 6.07) is 0.